The van der Waals surface area contributed by atoms with Crippen LogP contribution >= 0.6 is 15.9 Å². The number of benzene rings is 2. The summed E-state index contributed by atoms with van der Waals surface area (Å²) in [6, 6.07) is 14.0. The largest absolute Gasteiger partial charge is 0.353 e. The van der Waals surface area contributed by atoms with Gasteiger partial charge in [0.05, 0.1) is 16.9 Å². The third-order valence-electron chi connectivity index (χ3n) is 2.78. The van der Waals surface area contributed by atoms with E-state index in [2.05, 4.69) is 27.3 Å². The molecule has 0 atom stereocenters. The fourth-order valence-corrected chi connectivity index (χ4v) is 2.38. The van der Waals surface area contributed by atoms with Gasteiger partial charge in [-0.1, -0.05) is 18.2 Å². The molecule has 0 unspecified atom stereocenters. The first-order chi connectivity index (χ1) is 8.61. The number of nitrogens with zero attached hydrogens (tertiary/aromatic N) is 1. The number of nitrogens with one attached hydrogen (secondary N) is 1. The molecule has 0 radical (unpaired) electrons. The zero-order chi connectivity index (χ0) is 13.1. The predicted octanol–water partition coefficient (Wildman–Crippen LogP) is 4.68. The lowest BCUT2D eigenvalue weighted by Gasteiger charge is -2.13. The Balaban J connectivity index is 2.43. The Hall–Kier alpha value is -1.79. The van der Waals surface area contributed by atoms with E-state index in [1.165, 1.54) is 5.56 Å². The minimum Gasteiger partial charge on any atom is -0.353 e. The molecule has 90 valence electrons. The van der Waals surface area contributed by atoms with Crippen LogP contribution in [0.3, 0.4) is 0 Å². The summed E-state index contributed by atoms with van der Waals surface area (Å²) in [4.78, 5) is 0. The zero-order valence-electron chi connectivity index (χ0n) is 10.3. The van der Waals surface area contributed by atoms with Crippen molar-refractivity contribution in [3.8, 4) is 6.07 Å². The quantitative estimate of drug-likeness (QED) is 0.874. The van der Waals surface area contributed by atoms with Crippen LogP contribution in [0.5, 0.6) is 0 Å². The first-order valence-corrected chi connectivity index (χ1v) is 6.44. The molecule has 0 fully saturated rings. The van der Waals surface area contributed by atoms with Gasteiger partial charge in [0.25, 0.3) is 0 Å². The van der Waals surface area contributed by atoms with Crippen LogP contribution in [0.4, 0.5) is 11.4 Å². The Kier molecular flexibility index (Phi) is 3.69. The van der Waals surface area contributed by atoms with Crippen LogP contribution in [-0.4, -0.2) is 0 Å². The topological polar surface area (TPSA) is 35.8 Å². The summed E-state index contributed by atoms with van der Waals surface area (Å²) in [7, 11) is 0. The molecule has 0 spiro atoms. The highest BCUT2D eigenvalue weighted by molar-refractivity contribution is 9.10. The van der Waals surface area contributed by atoms with Crippen LogP contribution in [-0.2, 0) is 0 Å². The van der Waals surface area contributed by atoms with E-state index in [0.29, 0.717) is 5.56 Å². The predicted molar refractivity (Wildman–Crippen MR) is 78.1 cm³/mol. The maximum atomic E-state index is 9.13. The van der Waals surface area contributed by atoms with Crippen LogP contribution in [0.15, 0.2) is 40.9 Å². The Morgan fingerprint density at radius 1 is 1.17 bits per heavy atom. The molecule has 3 heteroatoms. The lowest BCUT2D eigenvalue weighted by Crippen LogP contribution is -1.97. The van der Waals surface area contributed by atoms with Gasteiger partial charge in [0.15, 0.2) is 0 Å². The van der Waals surface area contributed by atoms with Crippen molar-refractivity contribution in [1.82, 2.24) is 0 Å². The minimum atomic E-state index is 0.655. The first kappa shape index (κ1) is 12.7. The Morgan fingerprint density at radius 3 is 2.61 bits per heavy atom. The Labute approximate surface area is 115 Å². The van der Waals surface area contributed by atoms with Gasteiger partial charge in [-0.3, -0.25) is 0 Å². The minimum absolute atomic E-state index is 0.655. The molecule has 0 aliphatic carbocycles. The number of para-hydroxylation sites is 1. The lowest BCUT2D eigenvalue weighted by molar-refractivity contribution is 1.37. The molecular weight excluding hydrogens is 288 g/mol. The Morgan fingerprint density at radius 2 is 1.94 bits per heavy atom. The highest BCUT2D eigenvalue weighted by Crippen LogP contribution is 2.30. The third-order valence-corrected chi connectivity index (χ3v) is 3.43. The van der Waals surface area contributed by atoms with Crippen molar-refractivity contribution < 1.29 is 0 Å². The van der Waals surface area contributed by atoms with Gasteiger partial charge < -0.3 is 5.32 Å². The van der Waals surface area contributed by atoms with Crippen LogP contribution in [0.2, 0.25) is 0 Å². The van der Waals surface area contributed by atoms with E-state index in [0.717, 1.165) is 21.4 Å². The molecule has 2 nitrogen and oxygen atoms in total. The van der Waals surface area contributed by atoms with E-state index in [4.69, 9.17) is 5.26 Å². The van der Waals surface area contributed by atoms with Gasteiger partial charge >= 0.3 is 0 Å². The summed E-state index contributed by atoms with van der Waals surface area (Å²) in [5.41, 5.74) is 4.73. The summed E-state index contributed by atoms with van der Waals surface area (Å²) < 4.78 is 0.995. The van der Waals surface area contributed by atoms with Crippen molar-refractivity contribution in [3.05, 3.63) is 57.6 Å². The normalized spacial score (nSPS) is 9.89. The van der Waals surface area contributed by atoms with Crippen molar-refractivity contribution in [2.75, 3.05) is 5.32 Å². The first-order valence-electron chi connectivity index (χ1n) is 5.64. The van der Waals surface area contributed by atoms with E-state index in [9.17, 15) is 0 Å². The zero-order valence-corrected chi connectivity index (χ0v) is 11.9. The third kappa shape index (κ3) is 2.55. The molecule has 18 heavy (non-hydrogen) atoms. The van der Waals surface area contributed by atoms with Crippen LogP contribution in [0.25, 0.3) is 0 Å². The molecule has 0 saturated heterocycles. The van der Waals surface area contributed by atoms with E-state index in [-0.39, 0.29) is 0 Å². The van der Waals surface area contributed by atoms with Gasteiger partial charge in [-0.2, -0.15) is 5.26 Å². The van der Waals surface area contributed by atoms with Crippen molar-refractivity contribution in [2.45, 2.75) is 13.8 Å². The molecular formula is C15H13BrN2. The smallest absolute Gasteiger partial charge is 0.101 e. The second-order valence-electron chi connectivity index (χ2n) is 4.22. The SMILES string of the molecule is Cc1ccc(Nc2c(C)cccc2C#N)c(Br)c1. The van der Waals surface area contributed by atoms with Crippen molar-refractivity contribution in [2.24, 2.45) is 0 Å². The number of hydrogen-bond donors (Lipinski definition) is 1. The highest BCUT2D eigenvalue weighted by atomic mass is 79.9. The molecule has 0 bridgehead atoms. The number of aryl methyl sites for hydroxylation is 2. The standard InChI is InChI=1S/C15H13BrN2/c1-10-6-7-14(13(16)8-10)18-15-11(2)4-3-5-12(15)9-17/h3-8,18H,1-2H3. The van der Waals surface area contributed by atoms with Crippen molar-refractivity contribution in [1.29, 1.82) is 5.26 Å². The molecule has 0 aromatic heterocycles. The van der Waals surface area contributed by atoms with Gasteiger partial charge in [-0.05, 0) is 59.1 Å². The lowest BCUT2D eigenvalue weighted by atomic mass is 10.1. The molecule has 0 aliphatic rings. The number of halogens is 1. The second-order valence-corrected chi connectivity index (χ2v) is 5.07. The van der Waals surface area contributed by atoms with Crippen molar-refractivity contribution >= 4 is 27.3 Å². The molecule has 2 aromatic rings. The number of nitriles is 1. The maximum absolute atomic E-state index is 9.13. The number of anilines is 2. The van der Waals surface area contributed by atoms with Crippen LogP contribution < -0.4 is 5.32 Å². The second kappa shape index (κ2) is 5.24. The van der Waals surface area contributed by atoms with E-state index in [1.807, 2.05) is 50.2 Å². The Bertz CT molecular complexity index is 627. The van der Waals surface area contributed by atoms with E-state index in [1.54, 1.807) is 0 Å². The summed E-state index contributed by atoms with van der Waals surface area (Å²) >= 11 is 3.53. The summed E-state index contributed by atoms with van der Waals surface area (Å²) in [6.45, 7) is 4.04. The number of rotatable bonds is 2. The highest BCUT2D eigenvalue weighted by Gasteiger charge is 2.07. The summed E-state index contributed by atoms with van der Waals surface area (Å²) in [5, 5.41) is 12.5. The summed E-state index contributed by atoms with van der Waals surface area (Å²) in [6.07, 6.45) is 0. The van der Waals surface area contributed by atoms with E-state index < -0.39 is 0 Å². The van der Waals surface area contributed by atoms with Crippen LogP contribution in [0, 0.1) is 25.2 Å². The molecule has 0 saturated carbocycles. The average molecular weight is 301 g/mol. The molecule has 2 aromatic carbocycles. The van der Waals surface area contributed by atoms with Gasteiger partial charge in [-0.15, -0.1) is 0 Å². The summed E-state index contributed by atoms with van der Waals surface area (Å²) in [5.74, 6) is 0. The van der Waals surface area contributed by atoms with Gasteiger partial charge in [0.1, 0.15) is 6.07 Å². The molecule has 1 N–H and O–H groups in total. The fourth-order valence-electron chi connectivity index (χ4n) is 1.78. The monoisotopic (exact) mass is 300 g/mol. The van der Waals surface area contributed by atoms with Gasteiger partial charge in [-0.25, -0.2) is 0 Å². The van der Waals surface area contributed by atoms with Gasteiger partial charge in [0, 0.05) is 4.47 Å². The molecule has 2 rings (SSSR count). The van der Waals surface area contributed by atoms with Crippen molar-refractivity contribution in [3.63, 3.8) is 0 Å². The fraction of sp³-hybridized carbons (Fsp3) is 0.133. The molecule has 0 amide bonds. The maximum Gasteiger partial charge on any atom is 0.101 e. The molecule has 0 aliphatic heterocycles. The average Bonchev–Trinajstić information content (AvgIpc) is 2.34. The number of hydrogen-bond acceptors (Lipinski definition) is 2. The molecule has 0 heterocycles. The van der Waals surface area contributed by atoms with E-state index >= 15 is 0 Å². The van der Waals surface area contributed by atoms with Gasteiger partial charge in [0.2, 0.25) is 0 Å². The van der Waals surface area contributed by atoms with Crippen LogP contribution in [0.1, 0.15) is 16.7 Å².